The van der Waals surface area contributed by atoms with Crippen LogP contribution in [0.15, 0.2) is 11.6 Å². The Kier molecular flexibility index (Phi) is 6.75. The largest absolute Gasteiger partial charge is 0.376 e. The number of rotatable bonds is 5. The molecule has 2 rings (SSSR count). The van der Waals surface area contributed by atoms with E-state index in [0.29, 0.717) is 6.04 Å². The quantitative estimate of drug-likeness (QED) is 0.732. The number of methoxy groups -OCH3 is 1. The highest BCUT2D eigenvalue weighted by Gasteiger charge is 2.42. The molecule has 2 heteroatoms. The topological polar surface area (TPSA) is 21.3 Å². The van der Waals surface area contributed by atoms with Gasteiger partial charge in [-0.2, -0.15) is 0 Å². The molecule has 1 unspecified atom stereocenters. The Bertz CT molecular complexity index is 328. The molecule has 0 radical (unpaired) electrons. The van der Waals surface area contributed by atoms with Crippen molar-refractivity contribution in [2.45, 2.75) is 89.7 Å². The molecule has 0 spiro atoms. The Morgan fingerprint density at radius 1 is 1.24 bits per heavy atom. The Morgan fingerprint density at radius 2 is 1.95 bits per heavy atom. The van der Waals surface area contributed by atoms with Gasteiger partial charge in [-0.3, -0.25) is 0 Å². The summed E-state index contributed by atoms with van der Waals surface area (Å²) in [4.78, 5) is 0. The summed E-state index contributed by atoms with van der Waals surface area (Å²) in [5, 5.41) is 3.78. The molecule has 2 aliphatic carbocycles. The molecule has 1 saturated carbocycles. The second-order valence-electron chi connectivity index (χ2n) is 7.17. The zero-order valence-electron chi connectivity index (χ0n) is 14.4. The fourth-order valence-corrected chi connectivity index (χ4v) is 4.20. The van der Waals surface area contributed by atoms with Crippen LogP contribution in [0.5, 0.6) is 0 Å². The van der Waals surface area contributed by atoms with Crippen LogP contribution in [-0.4, -0.2) is 25.3 Å². The number of ether oxygens (including phenoxy) is 1. The summed E-state index contributed by atoms with van der Waals surface area (Å²) in [6.45, 7) is 5.64. The van der Waals surface area contributed by atoms with Crippen molar-refractivity contribution < 1.29 is 4.74 Å². The Hall–Kier alpha value is -0.340. The van der Waals surface area contributed by atoms with Crippen LogP contribution in [0.25, 0.3) is 0 Å². The molecule has 1 fully saturated rings. The van der Waals surface area contributed by atoms with Gasteiger partial charge >= 0.3 is 0 Å². The minimum Gasteiger partial charge on any atom is -0.376 e. The molecule has 2 aliphatic rings. The third-order valence-corrected chi connectivity index (χ3v) is 5.66. The van der Waals surface area contributed by atoms with Crippen molar-refractivity contribution in [2.75, 3.05) is 13.7 Å². The average Bonchev–Trinajstić information content (AvgIpc) is 2.47. The lowest BCUT2D eigenvalue weighted by Crippen LogP contribution is -2.54. The van der Waals surface area contributed by atoms with Crippen molar-refractivity contribution in [1.82, 2.24) is 5.32 Å². The standard InChI is InChI=1S/C19H35NO/c1-4-20-18(17-10-8-6-5-7-9-11-17)19(21-3)14-12-16(2)13-15-19/h10,16,18,20H,4-9,11-15H2,1-3H3. The fourth-order valence-electron chi connectivity index (χ4n) is 4.20. The van der Waals surface area contributed by atoms with E-state index in [0.717, 1.165) is 12.5 Å². The molecule has 0 aromatic rings. The van der Waals surface area contributed by atoms with E-state index in [-0.39, 0.29) is 5.60 Å². The molecule has 0 aliphatic heterocycles. The van der Waals surface area contributed by atoms with Crippen molar-refractivity contribution in [3.63, 3.8) is 0 Å². The maximum atomic E-state index is 6.16. The molecule has 122 valence electrons. The summed E-state index contributed by atoms with van der Waals surface area (Å²) < 4.78 is 6.16. The van der Waals surface area contributed by atoms with Crippen molar-refractivity contribution in [3.8, 4) is 0 Å². The molecule has 2 nitrogen and oxygen atoms in total. The van der Waals surface area contributed by atoms with Crippen LogP contribution in [0, 0.1) is 5.92 Å². The predicted molar refractivity (Wildman–Crippen MR) is 90.6 cm³/mol. The first kappa shape index (κ1) is 17.0. The van der Waals surface area contributed by atoms with Crippen molar-refractivity contribution >= 4 is 0 Å². The molecule has 1 N–H and O–H groups in total. The van der Waals surface area contributed by atoms with E-state index in [9.17, 15) is 0 Å². The van der Waals surface area contributed by atoms with Gasteiger partial charge < -0.3 is 10.1 Å². The smallest absolute Gasteiger partial charge is 0.0869 e. The van der Waals surface area contributed by atoms with Gasteiger partial charge in [0.25, 0.3) is 0 Å². The number of nitrogens with one attached hydrogen (secondary N) is 1. The number of hydrogen-bond acceptors (Lipinski definition) is 2. The molecule has 1 atom stereocenters. The van der Waals surface area contributed by atoms with Crippen LogP contribution in [-0.2, 0) is 4.74 Å². The Labute approximate surface area is 131 Å². The van der Waals surface area contributed by atoms with E-state index in [1.807, 2.05) is 7.11 Å². The van der Waals surface area contributed by atoms with Gasteiger partial charge in [-0.1, -0.05) is 38.3 Å². The van der Waals surface area contributed by atoms with E-state index >= 15 is 0 Å². The molecule has 0 amide bonds. The minimum absolute atomic E-state index is 0.0353. The molecule has 0 bridgehead atoms. The molecule has 0 aromatic heterocycles. The molecule has 0 saturated heterocycles. The molecular formula is C19H35NO. The first-order chi connectivity index (χ1) is 10.2. The SMILES string of the molecule is CCNC(C1=CCCCCCC1)C1(OC)CCC(C)CC1. The highest BCUT2D eigenvalue weighted by Crippen LogP contribution is 2.40. The van der Waals surface area contributed by atoms with E-state index in [1.54, 1.807) is 5.57 Å². The van der Waals surface area contributed by atoms with E-state index in [4.69, 9.17) is 4.74 Å². The van der Waals surface area contributed by atoms with Gasteiger partial charge in [-0.25, -0.2) is 0 Å². The van der Waals surface area contributed by atoms with Gasteiger partial charge in [0, 0.05) is 7.11 Å². The first-order valence-electron chi connectivity index (χ1n) is 9.19. The second kappa shape index (κ2) is 8.33. The van der Waals surface area contributed by atoms with Gasteiger partial charge in [0.15, 0.2) is 0 Å². The summed E-state index contributed by atoms with van der Waals surface area (Å²) in [5.74, 6) is 0.863. The summed E-state index contributed by atoms with van der Waals surface area (Å²) in [5.41, 5.74) is 1.67. The second-order valence-corrected chi connectivity index (χ2v) is 7.17. The summed E-state index contributed by atoms with van der Waals surface area (Å²) >= 11 is 0. The average molecular weight is 293 g/mol. The zero-order chi connectivity index (χ0) is 15.1. The Morgan fingerprint density at radius 3 is 2.62 bits per heavy atom. The van der Waals surface area contributed by atoms with E-state index < -0.39 is 0 Å². The first-order valence-corrected chi connectivity index (χ1v) is 9.19. The van der Waals surface area contributed by atoms with Crippen LogP contribution in [0.3, 0.4) is 0 Å². The zero-order valence-corrected chi connectivity index (χ0v) is 14.4. The van der Waals surface area contributed by atoms with Gasteiger partial charge in [0.2, 0.25) is 0 Å². The normalized spacial score (nSPS) is 32.9. The van der Waals surface area contributed by atoms with Crippen LogP contribution in [0.1, 0.15) is 78.1 Å². The summed E-state index contributed by atoms with van der Waals surface area (Å²) in [6.07, 6.45) is 15.6. The van der Waals surface area contributed by atoms with E-state index in [1.165, 1.54) is 64.2 Å². The number of allylic oxidation sites excluding steroid dienone is 1. The van der Waals surface area contributed by atoms with Gasteiger partial charge in [-0.05, 0) is 63.8 Å². The lowest BCUT2D eigenvalue weighted by atomic mass is 9.72. The van der Waals surface area contributed by atoms with Crippen molar-refractivity contribution in [3.05, 3.63) is 11.6 Å². The third-order valence-electron chi connectivity index (χ3n) is 5.66. The number of likely N-dealkylation sites (N-methyl/N-ethyl adjacent to an activating group) is 1. The van der Waals surface area contributed by atoms with Crippen LogP contribution >= 0.6 is 0 Å². The maximum absolute atomic E-state index is 6.16. The minimum atomic E-state index is 0.0353. The molecular weight excluding hydrogens is 258 g/mol. The number of hydrogen-bond donors (Lipinski definition) is 1. The van der Waals surface area contributed by atoms with Crippen LogP contribution in [0.4, 0.5) is 0 Å². The highest BCUT2D eigenvalue weighted by molar-refractivity contribution is 5.19. The Balaban J connectivity index is 2.18. The van der Waals surface area contributed by atoms with Gasteiger partial charge in [0.05, 0.1) is 11.6 Å². The molecule has 21 heavy (non-hydrogen) atoms. The monoisotopic (exact) mass is 293 g/mol. The molecule has 0 heterocycles. The summed E-state index contributed by atoms with van der Waals surface area (Å²) in [6, 6.07) is 0.429. The van der Waals surface area contributed by atoms with Crippen molar-refractivity contribution in [2.24, 2.45) is 5.92 Å². The van der Waals surface area contributed by atoms with Crippen LogP contribution in [0.2, 0.25) is 0 Å². The van der Waals surface area contributed by atoms with Gasteiger partial charge in [0.1, 0.15) is 0 Å². The highest BCUT2D eigenvalue weighted by atomic mass is 16.5. The lowest BCUT2D eigenvalue weighted by Gasteiger charge is -2.45. The summed E-state index contributed by atoms with van der Waals surface area (Å²) in [7, 11) is 1.93. The third kappa shape index (κ3) is 4.32. The van der Waals surface area contributed by atoms with Crippen molar-refractivity contribution in [1.29, 1.82) is 0 Å². The van der Waals surface area contributed by atoms with Gasteiger partial charge in [-0.15, -0.1) is 0 Å². The fraction of sp³-hybridized carbons (Fsp3) is 0.895. The lowest BCUT2D eigenvalue weighted by molar-refractivity contribution is -0.0666. The predicted octanol–water partition coefficient (Wildman–Crippen LogP) is 4.84. The van der Waals surface area contributed by atoms with E-state index in [2.05, 4.69) is 25.2 Å². The maximum Gasteiger partial charge on any atom is 0.0869 e. The molecule has 0 aromatic carbocycles. The van der Waals surface area contributed by atoms with Crippen LogP contribution < -0.4 is 5.32 Å².